The van der Waals surface area contributed by atoms with Crippen molar-refractivity contribution in [1.29, 1.82) is 0 Å². The van der Waals surface area contributed by atoms with Gasteiger partial charge in [0.1, 0.15) is 0 Å². The maximum absolute atomic E-state index is 12.5. The molecule has 0 atom stereocenters. The molecule has 0 fully saturated rings. The summed E-state index contributed by atoms with van der Waals surface area (Å²) in [6.45, 7) is 3.89. The molecule has 144 valence electrons. The first-order chi connectivity index (χ1) is 13.5. The minimum Gasteiger partial charge on any atom is -0.359 e. The maximum atomic E-state index is 12.5. The van der Waals surface area contributed by atoms with Gasteiger partial charge in [-0.15, -0.1) is 0 Å². The molecule has 6 nitrogen and oxygen atoms in total. The van der Waals surface area contributed by atoms with Crippen molar-refractivity contribution in [3.8, 4) is 5.69 Å². The summed E-state index contributed by atoms with van der Waals surface area (Å²) >= 11 is 0. The number of para-hydroxylation sites is 1. The van der Waals surface area contributed by atoms with Gasteiger partial charge in [-0.25, -0.2) is 4.68 Å². The first-order valence-electron chi connectivity index (χ1n) is 9.18. The lowest BCUT2D eigenvalue weighted by Crippen LogP contribution is -2.20. The van der Waals surface area contributed by atoms with Crippen molar-refractivity contribution in [2.24, 2.45) is 0 Å². The van der Waals surface area contributed by atoms with Crippen LogP contribution < -0.4 is 10.6 Å². The monoisotopic (exact) mass is 376 g/mol. The molecule has 0 saturated heterocycles. The zero-order valence-corrected chi connectivity index (χ0v) is 16.3. The molecule has 0 unspecified atom stereocenters. The van der Waals surface area contributed by atoms with Crippen molar-refractivity contribution in [2.45, 2.75) is 26.7 Å². The summed E-state index contributed by atoms with van der Waals surface area (Å²) in [4.78, 5) is 24.0. The van der Waals surface area contributed by atoms with Gasteiger partial charge in [-0.2, -0.15) is 5.10 Å². The van der Waals surface area contributed by atoms with E-state index in [9.17, 15) is 9.59 Å². The van der Waals surface area contributed by atoms with Crippen molar-refractivity contribution in [1.82, 2.24) is 15.1 Å². The molecule has 6 heteroatoms. The Morgan fingerprint density at radius 2 is 1.61 bits per heavy atom. The summed E-state index contributed by atoms with van der Waals surface area (Å²) in [6.07, 6.45) is 0.576. The number of rotatable bonds is 6. The summed E-state index contributed by atoms with van der Waals surface area (Å²) in [5.74, 6) is -0.143. The molecule has 3 rings (SSSR count). The topological polar surface area (TPSA) is 76.0 Å². The fourth-order valence-electron chi connectivity index (χ4n) is 3.10. The minimum absolute atomic E-state index is 0.0434. The van der Waals surface area contributed by atoms with Crippen LogP contribution in [0.2, 0.25) is 0 Å². The highest BCUT2D eigenvalue weighted by atomic mass is 16.2. The predicted molar refractivity (Wildman–Crippen MR) is 110 cm³/mol. The average Bonchev–Trinajstić information content (AvgIpc) is 2.98. The Balaban J connectivity index is 1.68. The number of likely N-dealkylation sites (N-methyl/N-ethyl adjacent to an activating group) is 1. The molecule has 2 N–H and O–H groups in total. The third kappa shape index (κ3) is 4.46. The average molecular weight is 376 g/mol. The van der Waals surface area contributed by atoms with Gasteiger partial charge in [-0.05, 0) is 43.7 Å². The van der Waals surface area contributed by atoms with E-state index in [2.05, 4.69) is 15.7 Å². The lowest BCUT2D eigenvalue weighted by molar-refractivity contribution is -0.120. The van der Waals surface area contributed by atoms with E-state index in [4.69, 9.17) is 0 Å². The Bertz CT molecular complexity index is 976. The summed E-state index contributed by atoms with van der Waals surface area (Å²) in [6, 6.07) is 17.2. The Hall–Kier alpha value is -3.41. The van der Waals surface area contributed by atoms with E-state index in [1.165, 1.54) is 0 Å². The fourth-order valence-corrected chi connectivity index (χ4v) is 3.10. The van der Waals surface area contributed by atoms with Gasteiger partial charge in [0, 0.05) is 24.0 Å². The highest BCUT2D eigenvalue weighted by Crippen LogP contribution is 2.19. The second-order valence-electron chi connectivity index (χ2n) is 6.67. The third-order valence-corrected chi connectivity index (χ3v) is 4.66. The molecule has 2 amide bonds. The zero-order chi connectivity index (χ0) is 20.1. The quantitative estimate of drug-likeness (QED) is 0.694. The van der Waals surface area contributed by atoms with Gasteiger partial charge in [-0.1, -0.05) is 30.3 Å². The molecule has 3 aromatic rings. The number of anilines is 1. The third-order valence-electron chi connectivity index (χ3n) is 4.66. The second-order valence-corrected chi connectivity index (χ2v) is 6.67. The van der Waals surface area contributed by atoms with Crippen LogP contribution in [0.5, 0.6) is 0 Å². The van der Waals surface area contributed by atoms with Crippen LogP contribution in [0.25, 0.3) is 5.69 Å². The predicted octanol–water partition coefficient (Wildman–Crippen LogP) is 2.96. The molecule has 2 aromatic carbocycles. The molecule has 1 heterocycles. The summed E-state index contributed by atoms with van der Waals surface area (Å²) in [5.41, 5.74) is 5.31. The summed E-state index contributed by atoms with van der Waals surface area (Å²) < 4.78 is 1.87. The van der Waals surface area contributed by atoms with Gasteiger partial charge in [0.15, 0.2) is 0 Å². The number of hydrogen-bond donors (Lipinski definition) is 2. The molecule has 0 spiro atoms. The minimum atomic E-state index is -0.0992. The van der Waals surface area contributed by atoms with Gasteiger partial charge < -0.3 is 10.6 Å². The van der Waals surface area contributed by atoms with Gasteiger partial charge in [0.25, 0.3) is 0 Å². The number of benzene rings is 2. The van der Waals surface area contributed by atoms with Gasteiger partial charge in [0.2, 0.25) is 11.8 Å². The number of carbonyl (C=O) groups excluding carboxylic acids is 2. The largest absolute Gasteiger partial charge is 0.359 e. The lowest BCUT2D eigenvalue weighted by atomic mass is 10.1. The van der Waals surface area contributed by atoms with Crippen LogP contribution in [0.4, 0.5) is 5.69 Å². The van der Waals surface area contributed by atoms with Crippen LogP contribution >= 0.6 is 0 Å². The standard InChI is InChI=1S/C22H24N4O2/c1-15-20(16(2)26(25-15)19-7-5-4-6-8-19)14-22(28)24-18-11-9-17(10-12-18)13-21(27)23-3/h4-12H,13-14H2,1-3H3,(H,23,27)(H,24,28). The normalized spacial score (nSPS) is 10.5. The number of nitrogens with one attached hydrogen (secondary N) is 2. The Kier molecular flexibility index (Phi) is 5.89. The number of hydrogen-bond acceptors (Lipinski definition) is 3. The Labute approximate surface area is 164 Å². The molecule has 1 aromatic heterocycles. The highest BCUT2D eigenvalue weighted by Gasteiger charge is 2.16. The van der Waals surface area contributed by atoms with Crippen LogP contribution in [-0.4, -0.2) is 28.6 Å². The van der Waals surface area contributed by atoms with Gasteiger partial charge >= 0.3 is 0 Å². The van der Waals surface area contributed by atoms with E-state index in [1.807, 2.05) is 73.1 Å². The fraction of sp³-hybridized carbons (Fsp3) is 0.227. The van der Waals surface area contributed by atoms with E-state index in [0.717, 1.165) is 28.2 Å². The van der Waals surface area contributed by atoms with E-state index in [-0.39, 0.29) is 18.2 Å². The Morgan fingerprint density at radius 3 is 2.25 bits per heavy atom. The molecule has 0 aliphatic carbocycles. The number of nitrogens with zero attached hydrogens (tertiary/aromatic N) is 2. The lowest BCUT2D eigenvalue weighted by Gasteiger charge is -2.08. The van der Waals surface area contributed by atoms with E-state index in [1.54, 1.807) is 7.05 Å². The van der Waals surface area contributed by atoms with Crippen LogP contribution in [0.15, 0.2) is 54.6 Å². The molecule has 0 aliphatic rings. The van der Waals surface area contributed by atoms with E-state index >= 15 is 0 Å². The number of carbonyl (C=O) groups is 2. The van der Waals surface area contributed by atoms with E-state index < -0.39 is 0 Å². The molecule has 0 bridgehead atoms. The first-order valence-corrected chi connectivity index (χ1v) is 9.18. The van der Waals surface area contributed by atoms with Crippen molar-refractivity contribution < 1.29 is 9.59 Å². The molecule has 28 heavy (non-hydrogen) atoms. The number of aromatic nitrogens is 2. The van der Waals surface area contributed by atoms with Crippen molar-refractivity contribution >= 4 is 17.5 Å². The van der Waals surface area contributed by atoms with Crippen molar-refractivity contribution in [3.63, 3.8) is 0 Å². The van der Waals surface area contributed by atoms with Gasteiger partial charge in [0.05, 0.1) is 24.2 Å². The smallest absolute Gasteiger partial charge is 0.228 e. The second kappa shape index (κ2) is 8.52. The van der Waals surface area contributed by atoms with Gasteiger partial charge in [-0.3, -0.25) is 9.59 Å². The molecular weight excluding hydrogens is 352 g/mol. The summed E-state index contributed by atoms with van der Waals surface area (Å²) in [7, 11) is 1.61. The zero-order valence-electron chi connectivity index (χ0n) is 16.3. The van der Waals surface area contributed by atoms with Crippen molar-refractivity contribution in [3.05, 3.63) is 77.1 Å². The SMILES string of the molecule is CNC(=O)Cc1ccc(NC(=O)Cc2c(C)nn(-c3ccccc3)c2C)cc1. The maximum Gasteiger partial charge on any atom is 0.228 e. The van der Waals surface area contributed by atoms with Crippen LogP contribution in [0.1, 0.15) is 22.5 Å². The Morgan fingerprint density at radius 1 is 0.929 bits per heavy atom. The molecule has 0 aliphatic heterocycles. The van der Waals surface area contributed by atoms with Crippen LogP contribution in [-0.2, 0) is 22.4 Å². The highest BCUT2D eigenvalue weighted by molar-refractivity contribution is 5.92. The van der Waals surface area contributed by atoms with Crippen LogP contribution in [0, 0.1) is 13.8 Å². The van der Waals surface area contributed by atoms with Crippen LogP contribution in [0.3, 0.4) is 0 Å². The molecular formula is C22H24N4O2. The number of aryl methyl sites for hydroxylation is 1. The summed E-state index contributed by atoms with van der Waals surface area (Å²) in [5, 5.41) is 10.1. The first kappa shape index (κ1) is 19.4. The molecule has 0 saturated carbocycles. The van der Waals surface area contributed by atoms with E-state index in [0.29, 0.717) is 12.1 Å². The molecule has 0 radical (unpaired) electrons. The van der Waals surface area contributed by atoms with Crippen molar-refractivity contribution in [2.75, 3.05) is 12.4 Å². The number of amides is 2.